The summed E-state index contributed by atoms with van der Waals surface area (Å²) in [4.78, 5) is 12.8. The van der Waals surface area contributed by atoms with Crippen LogP contribution in [0.1, 0.15) is 11.1 Å². The van der Waals surface area contributed by atoms with Gasteiger partial charge in [0.25, 0.3) is 0 Å². The molecule has 0 radical (unpaired) electrons. The van der Waals surface area contributed by atoms with E-state index in [9.17, 15) is 4.91 Å². The van der Waals surface area contributed by atoms with E-state index in [0.717, 1.165) is 32.8 Å². The molecule has 0 N–H and O–H groups in total. The van der Waals surface area contributed by atoms with Gasteiger partial charge in [0.2, 0.25) is 0 Å². The molecule has 1 aromatic rings. The van der Waals surface area contributed by atoms with Crippen molar-refractivity contribution in [2.45, 2.75) is 13.5 Å². The van der Waals surface area contributed by atoms with Gasteiger partial charge in [-0.05, 0) is 35.4 Å². The molecule has 0 spiro atoms. The first kappa shape index (κ1) is 11.2. The second kappa shape index (κ2) is 5.18. The lowest BCUT2D eigenvalue weighted by Crippen LogP contribution is -2.35. The largest absolute Gasteiger partial charge is 0.379 e. The summed E-state index contributed by atoms with van der Waals surface area (Å²) in [6, 6.07) is 5.58. The van der Waals surface area contributed by atoms with Crippen molar-refractivity contribution >= 4 is 5.69 Å². The molecule has 0 atom stereocenters. The maximum atomic E-state index is 10.5. The third kappa shape index (κ3) is 2.65. The molecule has 16 heavy (non-hydrogen) atoms. The summed E-state index contributed by atoms with van der Waals surface area (Å²) >= 11 is 0. The van der Waals surface area contributed by atoms with E-state index >= 15 is 0 Å². The van der Waals surface area contributed by atoms with E-state index in [4.69, 9.17) is 4.74 Å². The molecule has 0 saturated carbocycles. The Morgan fingerprint density at radius 1 is 1.38 bits per heavy atom. The fraction of sp³-hybridized carbons (Fsp3) is 0.500. The van der Waals surface area contributed by atoms with E-state index < -0.39 is 0 Å². The molecular weight excluding hydrogens is 204 g/mol. The van der Waals surface area contributed by atoms with Gasteiger partial charge in [0.1, 0.15) is 5.69 Å². The Hall–Kier alpha value is -1.26. The van der Waals surface area contributed by atoms with Gasteiger partial charge in [-0.2, -0.15) is 0 Å². The van der Waals surface area contributed by atoms with Crippen LogP contribution in [0, 0.1) is 11.8 Å². The van der Waals surface area contributed by atoms with Crippen molar-refractivity contribution in [2.24, 2.45) is 5.18 Å². The summed E-state index contributed by atoms with van der Waals surface area (Å²) in [5.74, 6) is 0. The molecule has 4 nitrogen and oxygen atoms in total. The smallest absolute Gasteiger partial charge is 0.108 e. The Morgan fingerprint density at radius 3 is 2.81 bits per heavy atom. The molecule has 4 heteroatoms. The molecule has 86 valence electrons. The van der Waals surface area contributed by atoms with Crippen LogP contribution in [0.15, 0.2) is 23.4 Å². The summed E-state index contributed by atoms with van der Waals surface area (Å²) in [6.07, 6.45) is 0. The number of aryl methyl sites for hydroxylation is 1. The standard InChI is InChI=1S/C12H16N2O2/c1-10-2-3-12(13-15)8-11(10)9-14-4-6-16-7-5-14/h2-3,8H,4-7,9H2,1H3. The molecule has 0 amide bonds. The predicted molar refractivity (Wildman–Crippen MR) is 62.7 cm³/mol. The van der Waals surface area contributed by atoms with Gasteiger partial charge in [-0.25, -0.2) is 0 Å². The van der Waals surface area contributed by atoms with E-state index in [1.807, 2.05) is 12.1 Å². The van der Waals surface area contributed by atoms with Crippen molar-refractivity contribution in [3.05, 3.63) is 34.2 Å². The van der Waals surface area contributed by atoms with E-state index in [0.29, 0.717) is 5.69 Å². The molecule has 1 aliphatic rings. The molecule has 1 saturated heterocycles. The predicted octanol–water partition coefficient (Wildman–Crippen LogP) is 2.23. The maximum Gasteiger partial charge on any atom is 0.108 e. The van der Waals surface area contributed by atoms with Gasteiger partial charge in [-0.1, -0.05) is 6.07 Å². The second-order valence-electron chi connectivity index (χ2n) is 4.09. The van der Waals surface area contributed by atoms with Gasteiger partial charge >= 0.3 is 0 Å². The first-order valence-electron chi connectivity index (χ1n) is 5.52. The Bertz CT molecular complexity index is 373. The number of benzene rings is 1. The lowest BCUT2D eigenvalue weighted by atomic mass is 10.1. The Morgan fingerprint density at radius 2 is 2.12 bits per heavy atom. The van der Waals surface area contributed by atoms with Crippen molar-refractivity contribution in [1.82, 2.24) is 4.90 Å². The number of nitroso groups, excluding NO2 is 1. The highest BCUT2D eigenvalue weighted by molar-refractivity contribution is 5.43. The molecule has 1 fully saturated rings. The molecule has 1 aliphatic heterocycles. The number of rotatable bonds is 3. The summed E-state index contributed by atoms with van der Waals surface area (Å²) in [5, 5.41) is 2.97. The molecule has 1 heterocycles. The molecular formula is C12H16N2O2. The third-order valence-electron chi connectivity index (χ3n) is 2.94. The van der Waals surface area contributed by atoms with Crippen LogP contribution in [0.25, 0.3) is 0 Å². The minimum atomic E-state index is 0.508. The van der Waals surface area contributed by atoms with E-state index in [2.05, 4.69) is 17.0 Å². The van der Waals surface area contributed by atoms with Crippen molar-refractivity contribution < 1.29 is 4.74 Å². The van der Waals surface area contributed by atoms with Gasteiger partial charge in [0.05, 0.1) is 13.2 Å². The van der Waals surface area contributed by atoms with Crippen LogP contribution in [0.3, 0.4) is 0 Å². The fourth-order valence-corrected chi connectivity index (χ4v) is 1.89. The average molecular weight is 220 g/mol. The summed E-state index contributed by atoms with van der Waals surface area (Å²) in [5.41, 5.74) is 2.90. The number of morpholine rings is 1. The zero-order chi connectivity index (χ0) is 11.4. The van der Waals surface area contributed by atoms with E-state index in [1.165, 1.54) is 11.1 Å². The molecule has 2 rings (SSSR count). The Balaban J connectivity index is 2.09. The zero-order valence-electron chi connectivity index (χ0n) is 9.48. The van der Waals surface area contributed by atoms with Crippen LogP contribution in [0.2, 0.25) is 0 Å². The maximum absolute atomic E-state index is 10.5. The lowest BCUT2D eigenvalue weighted by molar-refractivity contribution is 0.0341. The number of hydrogen-bond donors (Lipinski definition) is 0. The normalized spacial score (nSPS) is 17.3. The molecule has 0 unspecified atom stereocenters. The molecule has 0 bridgehead atoms. The number of ether oxygens (including phenoxy) is 1. The lowest BCUT2D eigenvalue weighted by Gasteiger charge is -2.27. The van der Waals surface area contributed by atoms with Gasteiger partial charge in [0.15, 0.2) is 0 Å². The third-order valence-corrected chi connectivity index (χ3v) is 2.94. The second-order valence-corrected chi connectivity index (χ2v) is 4.09. The van der Waals surface area contributed by atoms with Gasteiger partial charge in [-0.3, -0.25) is 4.90 Å². The monoisotopic (exact) mass is 220 g/mol. The van der Waals surface area contributed by atoms with Crippen LogP contribution in [-0.4, -0.2) is 31.2 Å². The van der Waals surface area contributed by atoms with Crippen molar-refractivity contribution in [2.75, 3.05) is 26.3 Å². The molecule has 0 aliphatic carbocycles. The summed E-state index contributed by atoms with van der Waals surface area (Å²) in [7, 11) is 0. The van der Waals surface area contributed by atoms with Crippen molar-refractivity contribution in [1.29, 1.82) is 0 Å². The van der Waals surface area contributed by atoms with E-state index in [1.54, 1.807) is 6.07 Å². The Labute approximate surface area is 95.2 Å². The van der Waals surface area contributed by atoms with Gasteiger partial charge in [-0.15, -0.1) is 4.91 Å². The van der Waals surface area contributed by atoms with Crippen molar-refractivity contribution in [3.8, 4) is 0 Å². The van der Waals surface area contributed by atoms with Crippen LogP contribution in [-0.2, 0) is 11.3 Å². The molecule has 1 aromatic carbocycles. The van der Waals surface area contributed by atoms with Gasteiger partial charge < -0.3 is 4.74 Å². The van der Waals surface area contributed by atoms with Crippen LogP contribution in [0.4, 0.5) is 5.69 Å². The SMILES string of the molecule is Cc1ccc(N=O)cc1CN1CCOCC1. The van der Waals surface area contributed by atoms with Crippen LogP contribution in [0.5, 0.6) is 0 Å². The highest BCUT2D eigenvalue weighted by Gasteiger charge is 2.12. The zero-order valence-corrected chi connectivity index (χ0v) is 9.48. The quantitative estimate of drug-likeness (QED) is 0.733. The van der Waals surface area contributed by atoms with Crippen molar-refractivity contribution in [3.63, 3.8) is 0 Å². The van der Waals surface area contributed by atoms with Gasteiger partial charge in [0, 0.05) is 19.6 Å². The average Bonchev–Trinajstić information content (AvgIpc) is 2.33. The number of nitrogens with zero attached hydrogens (tertiary/aromatic N) is 2. The van der Waals surface area contributed by atoms with Crippen LogP contribution >= 0.6 is 0 Å². The molecule has 0 aromatic heterocycles. The summed E-state index contributed by atoms with van der Waals surface area (Å²) < 4.78 is 5.30. The minimum absolute atomic E-state index is 0.508. The fourth-order valence-electron chi connectivity index (χ4n) is 1.89. The van der Waals surface area contributed by atoms with Crippen LogP contribution < -0.4 is 0 Å². The number of hydrogen-bond acceptors (Lipinski definition) is 4. The highest BCUT2D eigenvalue weighted by Crippen LogP contribution is 2.19. The minimum Gasteiger partial charge on any atom is -0.379 e. The Kier molecular flexibility index (Phi) is 3.64. The summed E-state index contributed by atoms with van der Waals surface area (Å²) in [6.45, 7) is 6.44. The highest BCUT2D eigenvalue weighted by atomic mass is 16.5. The van der Waals surface area contributed by atoms with E-state index in [-0.39, 0.29) is 0 Å². The first-order valence-corrected chi connectivity index (χ1v) is 5.52. The topological polar surface area (TPSA) is 41.9 Å². The first-order chi connectivity index (χ1) is 7.79.